The predicted octanol–water partition coefficient (Wildman–Crippen LogP) is 4.62. The van der Waals surface area contributed by atoms with Gasteiger partial charge in [0.1, 0.15) is 29.0 Å². The Morgan fingerprint density at radius 1 is 1.03 bits per heavy atom. The Balaban J connectivity index is 1.33. The van der Waals surface area contributed by atoms with Gasteiger partial charge in [0.15, 0.2) is 0 Å². The van der Waals surface area contributed by atoms with E-state index >= 15 is 0 Å². The minimum Gasteiger partial charge on any atom is -0.393 e. The van der Waals surface area contributed by atoms with E-state index in [0.717, 1.165) is 32.1 Å². The van der Waals surface area contributed by atoms with Crippen molar-refractivity contribution in [2.75, 3.05) is 0 Å². The van der Waals surface area contributed by atoms with Crippen LogP contribution in [-0.4, -0.2) is 45.3 Å². The van der Waals surface area contributed by atoms with E-state index in [1.165, 1.54) is 12.8 Å². The summed E-state index contributed by atoms with van der Waals surface area (Å²) >= 11 is 0. The molecular weight excluding hydrogens is 388 g/mol. The van der Waals surface area contributed by atoms with Crippen molar-refractivity contribution in [2.45, 2.75) is 121 Å². The molecular formula is C27H42O4. The van der Waals surface area contributed by atoms with E-state index in [1.54, 1.807) is 0 Å². The molecule has 6 fully saturated rings. The van der Waals surface area contributed by atoms with Crippen LogP contribution in [0.4, 0.5) is 0 Å². The van der Waals surface area contributed by atoms with Gasteiger partial charge in [-0.15, -0.1) is 0 Å². The molecule has 0 unspecified atom stereocenters. The van der Waals surface area contributed by atoms with Gasteiger partial charge in [-0.2, -0.15) is 0 Å². The third-order valence-corrected chi connectivity index (χ3v) is 11.4. The summed E-state index contributed by atoms with van der Waals surface area (Å²) in [5, 5.41) is 22.1. The normalized spacial score (nSPS) is 60.1. The Morgan fingerprint density at radius 3 is 2.55 bits per heavy atom. The number of epoxide rings is 2. The van der Waals surface area contributed by atoms with Gasteiger partial charge in [0.2, 0.25) is 0 Å². The summed E-state index contributed by atoms with van der Waals surface area (Å²) in [5.74, 6) is 2.32. The highest BCUT2D eigenvalue weighted by atomic mass is 16.7. The molecule has 1 spiro atoms. The molecule has 0 aromatic heterocycles. The lowest BCUT2D eigenvalue weighted by Crippen LogP contribution is -2.68. The van der Waals surface area contributed by atoms with Crippen LogP contribution in [0.25, 0.3) is 0 Å². The Kier molecular flexibility index (Phi) is 4.21. The fourth-order valence-electron chi connectivity index (χ4n) is 9.76. The first kappa shape index (κ1) is 21.1. The van der Waals surface area contributed by atoms with Gasteiger partial charge in [0, 0.05) is 11.8 Å². The van der Waals surface area contributed by atoms with Crippen molar-refractivity contribution in [2.24, 2.45) is 34.5 Å². The summed E-state index contributed by atoms with van der Waals surface area (Å²) in [4.78, 5) is 0. The van der Waals surface area contributed by atoms with Crippen molar-refractivity contribution in [3.8, 4) is 0 Å². The highest BCUT2D eigenvalue weighted by molar-refractivity contribution is 5.44. The number of ether oxygens (including phenoxy) is 2. The zero-order valence-electron chi connectivity index (χ0n) is 20.1. The quantitative estimate of drug-likeness (QED) is 0.504. The molecule has 6 rings (SSSR count). The van der Waals surface area contributed by atoms with E-state index in [-0.39, 0.29) is 34.2 Å². The van der Waals surface area contributed by atoms with Crippen molar-refractivity contribution < 1.29 is 19.7 Å². The van der Waals surface area contributed by atoms with Crippen LogP contribution in [-0.2, 0) is 9.47 Å². The molecule has 11 atom stereocenters. The van der Waals surface area contributed by atoms with Gasteiger partial charge in [-0.1, -0.05) is 46.8 Å². The lowest BCUT2D eigenvalue weighted by molar-refractivity contribution is -0.0911. The maximum atomic E-state index is 11.7. The molecule has 0 bridgehead atoms. The summed E-state index contributed by atoms with van der Waals surface area (Å²) in [6.45, 7) is 11.8. The smallest absolute Gasteiger partial charge is 0.130 e. The molecule has 4 saturated carbocycles. The predicted molar refractivity (Wildman–Crippen MR) is 119 cm³/mol. The Hall–Kier alpha value is -0.420. The molecule has 0 radical (unpaired) electrons. The average Bonchev–Trinajstić information content (AvgIpc) is 3.57. The van der Waals surface area contributed by atoms with E-state index in [4.69, 9.17) is 9.47 Å². The Bertz CT molecular complexity index is 809. The first-order chi connectivity index (χ1) is 14.6. The minimum atomic E-state index is -0.555. The van der Waals surface area contributed by atoms with E-state index < -0.39 is 11.7 Å². The highest BCUT2D eigenvalue weighted by Crippen LogP contribution is 2.85. The monoisotopic (exact) mass is 430 g/mol. The Labute approximate surface area is 187 Å². The average molecular weight is 431 g/mol. The zero-order chi connectivity index (χ0) is 22.0. The molecule has 0 amide bonds. The third-order valence-electron chi connectivity index (χ3n) is 11.4. The molecule has 0 aromatic rings. The van der Waals surface area contributed by atoms with Crippen molar-refractivity contribution in [3.05, 3.63) is 12.2 Å². The maximum Gasteiger partial charge on any atom is 0.130 e. The number of aliphatic hydroxyl groups excluding tert-OH is 2. The van der Waals surface area contributed by atoms with E-state index in [1.807, 2.05) is 0 Å². The lowest BCUT2D eigenvalue weighted by Gasteiger charge is -2.56. The van der Waals surface area contributed by atoms with Crippen molar-refractivity contribution >= 4 is 0 Å². The molecule has 174 valence electrons. The van der Waals surface area contributed by atoms with Crippen molar-refractivity contribution in [1.82, 2.24) is 0 Å². The van der Waals surface area contributed by atoms with Gasteiger partial charge in [-0.3, -0.25) is 0 Å². The lowest BCUT2D eigenvalue weighted by atomic mass is 9.43. The molecule has 31 heavy (non-hydrogen) atoms. The molecule has 2 heterocycles. The van der Waals surface area contributed by atoms with Crippen LogP contribution in [0.3, 0.4) is 0 Å². The standard InChI is InChI=1S/C27H42O4/c1-16(2)7-6-8-17(3)19-9-10-20-23(19,4)13-14-26-24(5)12-11-18(28)15-25(24)22(30-25)21(29)27(20,26)31-26/h6,8,16-22,28-29H,7,9-15H2,1-5H3/b8-6+/t17-,18-,19+,20+,21+,22-,23+,24-,25-,26-,27+/m0/s1. The number of fused-ring (bicyclic) bond motifs is 1. The van der Waals surface area contributed by atoms with Crippen LogP contribution < -0.4 is 0 Å². The van der Waals surface area contributed by atoms with Crippen LogP contribution in [0.5, 0.6) is 0 Å². The molecule has 6 aliphatic rings. The largest absolute Gasteiger partial charge is 0.393 e. The zero-order valence-corrected chi connectivity index (χ0v) is 20.1. The fraction of sp³-hybridized carbons (Fsp3) is 0.926. The molecule has 4 heteroatoms. The van der Waals surface area contributed by atoms with Crippen molar-refractivity contribution in [3.63, 3.8) is 0 Å². The summed E-state index contributed by atoms with van der Waals surface area (Å²) in [6, 6.07) is 0. The molecule has 2 N–H and O–H groups in total. The van der Waals surface area contributed by atoms with Crippen LogP contribution >= 0.6 is 0 Å². The highest BCUT2D eigenvalue weighted by Gasteiger charge is 2.97. The van der Waals surface area contributed by atoms with Crippen LogP contribution in [0.1, 0.15) is 86.0 Å². The van der Waals surface area contributed by atoms with Crippen molar-refractivity contribution in [1.29, 1.82) is 0 Å². The second kappa shape index (κ2) is 6.17. The molecule has 4 aliphatic carbocycles. The molecule has 4 nitrogen and oxygen atoms in total. The maximum absolute atomic E-state index is 11.7. The summed E-state index contributed by atoms with van der Waals surface area (Å²) in [6.07, 6.45) is 12.0. The molecule has 2 aliphatic heterocycles. The van der Waals surface area contributed by atoms with E-state index in [0.29, 0.717) is 30.1 Å². The summed E-state index contributed by atoms with van der Waals surface area (Å²) < 4.78 is 13.3. The van der Waals surface area contributed by atoms with Gasteiger partial charge in [-0.25, -0.2) is 0 Å². The second-order valence-electron chi connectivity index (χ2n) is 13.0. The second-order valence-corrected chi connectivity index (χ2v) is 13.0. The van der Waals surface area contributed by atoms with E-state index in [2.05, 4.69) is 46.8 Å². The minimum absolute atomic E-state index is 0.0919. The number of hydrogen-bond acceptors (Lipinski definition) is 4. The van der Waals surface area contributed by atoms with Crippen LogP contribution in [0, 0.1) is 34.5 Å². The molecule has 0 aromatic carbocycles. The number of allylic oxidation sites excluding steroid dienone is 2. The number of aliphatic hydroxyl groups is 2. The van der Waals surface area contributed by atoms with Gasteiger partial charge in [0.05, 0.1) is 6.10 Å². The van der Waals surface area contributed by atoms with Gasteiger partial charge in [0.25, 0.3) is 0 Å². The Morgan fingerprint density at radius 2 is 1.81 bits per heavy atom. The van der Waals surface area contributed by atoms with Crippen LogP contribution in [0.2, 0.25) is 0 Å². The van der Waals surface area contributed by atoms with Gasteiger partial charge < -0.3 is 19.7 Å². The van der Waals surface area contributed by atoms with Gasteiger partial charge in [-0.05, 0) is 74.0 Å². The number of hydrogen-bond donors (Lipinski definition) is 2. The number of rotatable bonds is 4. The fourth-order valence-corrected chi connectivity index (χ4v) is 9.76. The third kappa shape index (κ3) is 2.22. The van der Waals surface area contributed by atoms with Gasteiger partial charge >= 0.3 is 0 Å². The first-order valence-corrected chi connectivity index (χ1v) is 13.0. The molecule has 2 saturated heterocycles. The summed E-state index contributed by atoms with van der Waals surface area (Å²) in [7, 11) is 0. The summed E-state index contributed by atoms with van der Waals surface area (Å²) in [5.41, 5.74) is -0.948. The van der Waals surface area contributed by atoms with Crippen LogP contribution in [0.15, 0.2) is 12.2 Å². The first-order valence-electron chi connectivity index (χ1n) is 13.0. The topological polar surface area (TPSA) is 65.5 Å². The SMILES string of the molecule is CC(C)C/C=C/[C@H](C)[C@H]1CC[C@@H]2[C@]1(C)CC[C@@]13O[C@@]21[C@H](O)[C@@H]1O[C@@]12C[C@@H](O)CC[C@]32C. The van der Waals surface area contributed by atoms with E-state index in [9.17, 15) is 10.2 Å².